The molecule has 0 spiro atoms. The van der Waals surface area contributed by atoms with Crippen molar-refractivity contribution in [2.75, 3.05) is 25.5 Å². The number of nitro benzene ring substituents is 1. The standard InChI is InChI=1S/C23H29N3O4/c1-30-21-14-8-18(9-15-21)22-6-3-2-4-17-25(22)23(27)7-5-16-24-19-10-12-20(13-11-19)26(28)29/h8-15,22,24H,2-7,16-17H2,1H3. The van der Waals surface area contributed by atoms with E-state index in [1.54, 1.807) is 19.2 Å². The average molecular weight is 412 g/mol. The van der Waals surface area contributed by atoms with Gasteiger partial charge in [-0.1, -0.05) is 25.0 Å². The van der Waals surface area contributed by atoms with E-state index >= 15 is 0 Å². The molecule has 1 atom stereocenters. The molecule has 0 saturated carbocycles. The number of anilines is 1. The average Bonchev–Trinajstić information content (AvgIpc) is 3.03. The molecule has 1 aliphatic rings. The van der Waals surface area contributed by atoms with Crippen LogP contribution in [0.4, 0.5) is 11.4 Å². The molecule has 0 aromatic heterocycles. The summed E-state index contributed by atoms with van der Waals surface area (Å²) >= 11 is 0. The zero-order valence-electron chi connectivity index (χ0n) is 17.4. The second-order valence-electron chi connectivity index (χ2n) is 7.56. The normalized spacial score (nSPS) is 16.6. The first-order chi connectivity index (χ1) is 14.6. The van der Waals surface area contributed by atoms with Crippen molar-refractivity contribution in [1.29, 1.82) is 0 Å². The molecule has 1 fully saturated rings. The summed E-state index contributed by atoms with van der Waals surface area (Å²) in [5.74, 6) is 1.01. The van der Waals surface area contributed by atoms with Crippen molar-refractivity contribution >= 4 is 17.3 Å². The summed E-state index contributed by atoms with van der Waals surface area (Å²) in [7, 11) is 1.65. The van der Waals surface area contributed by atoms with Crippen molar-refractivity contribution in [2.24, 2.45) is 0 Å². The lowest BCUT2D eigenvalue weighted by atomic mass is 10.00. The molecular formula is C23H29N3O4. The van der Waals surface area contributed by atoms with Crippen LogP contribution in [-0.2, 0) is 4.79 Å². The third-order valence-electron chi connectivity index (χ3n) is 5.55. The Morgan fingerprint density at radius 1 is 1.13 bits per heavy atom. The summed E-state index contributed by atoms with van der Waals surface area (Å²) in [5, 5.41) is 13.9. The van der Waals surface area contributed by atoms with Crippen molar-refractivity contribution in [3.05, 3.63) is 64.2 Å². The Kier molecular flexibility index (Phi) is 7.65. The Bertz CT molecular complexity index is 837. The molecule has 2 aromatic rings. The zero-order chi connectivity index (χ0) is 21.3. The lowest BCUT2D eigenvalue weighted by Crippen LogP contribution is -2.34. The minimum absolute atomic E-state index is 0.0708. The Balaban J connectivity index is 1.54. The summed E-state index contributed by atoms with van der Waals surface area (Å²) in [4.78, 5) is 25.3. The van der Waals surface area contributed by atoms with E-state index in [9.17, 15) is 14.9 Å². The second-order valence-corrected chi connectivity index (χ2v) is 7.56. The first kappa shape index (κ1) is 21.6. The van der Waals surface area contributed by atoms with Crippen molar-refractivity contribution in [3.8, 4) is 5.75 Å². The summed E-state index contributed by atoms with van der Waals surface area (Å²) in [5.41, 5.74) is 2.05. The van der Waals surface area contributed by atoms with Crippen LogP contribution in [0, 0.1) is 10.1 Å². The topological polar surface area (TPSA) is 84.7 Å². The number of amides is 1. The molecular weight excluding hydrogens is 382 g/mol. The fourth-order valence-electron chi connectivity index (χ4n) is 3.90. The SMILES string of the molecule is COc1ccc(C2CCCCCN2C(=O)CCCNc2ccc([N+](=O)[O-])cc2)cc1. The number of non-ortho nitro benzene ring substituents is 1. The first-order valence-corrected chi connectivity index (χ1v) is 10.5. The molecule has 160 valence electrons. The largest absolute Gasteiger partial charge is 0.497 e. The number of likely N-dealkylation sites (tertiary alicyclic amines) is 1. The molecule has 1 unspecified atom stereocenters. The van der Waals surface area contributed by atoms with Gasteiger partial charge in [-0.2, -0.15) is 0 Å². The number of benzene rings is 2. The van der Waals surface area contributed by atoms with E-state index in [1.165, 1.54) is 12.1 Å². The molecule has 0 bridgehead atoms. The highest BCUT2D eigenvalue weighted by atomic mass is 16.6. The van der Waals surface area contributed by atoms with Crippen molar-refractivity contribution < 1.29 is 14.5 Å². The van der Waals surface area contributed by atoms with Gasteiger partial charge in [0.1, 0.15) is 5.75 Å². The molecule has 0 aliphatic carbocycles. The minimum atomic E-state index is -0.414. The summed E-state index contributed by atoms with van der Waals surface area (Å²) < 4.78 is 5.25. The van der Waals surface area contributed by atoms with Gasteiger partial charge in [0.05, 0.1) is 18.1 Å². The molecule has 7 heteroatoms. The molecule has 1 aliphatic heterocycles. The van der Waals surface area contributed by atoms with E-state index in [4.69, 9.17) is 4.74 Å². The lowest BCUT2D eigenvalue weighted by Gasteiger charge is -2.31. The van der Waals surface area contributed by atoms with Gasteiger partial charge in [0, 0.05) is 37.3 Å². The summed E-state index contributed by atoms with van der Waals surface area (Å²) in [6, 6.07) is 14.5. The van der Waals surface area contributed by atoms with E-state index in [0.717, 1.165) is 49.2 Å². The highest BCUT2D eigenvalue weighted by Gasteiger charge is 2.26. The number of methoxy groups -OCH3 is 1. The van der Waals surface area contributed by atoms with Gasteiger partial charge in [0.25, 0.3) is 5.69 Å². The van der Waals surface area contributed by atoms with Crippen LogP contribution < -0.4 is 10.1 Å². The summed E-state index contributed by atoms with van der Waals surface area (Å²) in [6.07, 6.45) is 5.49. The third-order valence-corrected chi connectivity index (χ3v) is 5.55. The second kappa shape index (κ2) is 10.6. The molecule has 1 saturated heterocycles. The lowest BCUT2D eigenvalue weighted by molar-refractivity contribution is -0.384. The molecule has 0 radical (unpaired) electrons. The highest BCUT2D eigenvalue weighted by Crippen LogP contribution is 2.31. The number of nitrogens with zero attached hydrogens (tertiary/aromatic N) is 2. The number of carbonyl (C=O) groups is 1. The van der Waals surface area contributed by atoms with Gasteiger partial charge in [-0.05, 0) is 49.1 Å². The van der Waals surface area contributed by atoms with Crippen LogP contribution in [0.15, 0.2) is 48.5 Å². The fraction of sp³-hybridized carbons (Fsp3) is 0.435. The number of rotatable bonds is 8. The molecule has 7 nitrogen and oxygen atoms in total. The fourth-order valence-corrected chi connectivity index (χ4v) is 3.90. The van der Waals surface area contributed by atoms with Crippen LogP contribution in [0.5, 0.6) is 5.75 Å². The zero-order valence-corrected chi connectivity index (χ0v) is 17.4. The molecule has 3 rings (SSSR count). The molecule has 2 aromatic carbocycles. The number of nitrogens with one attached hydrogen (secondary N) is 1. The number of carbonyl (C=O) groups excluding carboxylic acids is 1. The van der Waals surface area contributed by atoms with E-state index in [0.29, 0.717) is 19.4 Å². The van der Waals surface area contributed by atoms with E-state index in [1.807, 2.05) is 17.0 Å². The van der Waals surface area contributed by atoms with Gasteiger partial charge in [0.15, 0.2) is 0 Å². The molecule has 1 N–H and O–H groups in total. The predicted octanol–water partition coefficient (Wildman–Crippen LogP) is 4.94. The van der Waals surface area contributed by atoms with Gasteiger partial charge in [-0.3, -0.25) is 14.9 Å². The van der Waals surface area contributed by atoms with Crippen molar-refractivity contribution in [3.63, 3.8) is 0 Å². The van der Waals surface area contributed by atoms with Crippen LogP contribution in [0.2, 0.25) is 0 Å². The number of ether oxygens (including phenoxy) is 1. The monoisotopic (exact) mass is 411 g/mol. The number of hydrogen-bond donors (Lipinski definition) is 1. The van der Waals surface area contributed by atoms with Gasteiger partial charge in [-0.25, -0.2) is 0 Å². The maximum atomic E-state index is 13.0. The quantitative estimate of drug-likeness (QED) is 0.378. The Labute approximate surface area is 177 Å². The predicted molar refractivity (Wildman–Crippen MR) is 117 cm³/mol. The van der Waals surface area contributed by atoms with Crippen LogP contribution in [0.25, 0.3) is 0 Å². The smallest absolute Gasteiger partial charge is 0.269 e. The van der Waals surface area contributed by atoms with Gasteiger partial charge in [0.2, 0.25) is 5.91 Å². The van der Waals surface area contributed by atoms with Crippen molar-refractivity contribution in [1.82, 2.24) is 4.90 Å². The number of hydrogen-bond acceptors (Lipinski definition) is 5. The minimum Gasteiger partial charge on any atom is -0.497 e. The Morgan fingerprint density at radius 3 is 2.53 bits per heavy atom. The highest BCUT2D eigenvalue weighted by molar-refractivity contribution is 5.76. The third kappa shape index (κ3) is 5.72. The van der Waals surface area contributed by atoms with E-state index in [-0.39, 0.29) is 17.6 Å². The molecule has 30 heavy (non-hydrogen) atoms. The maximum Gasteiger partial charge on any atom is 0.269 e. The van der Waals surface area contributed by atoms with E-state index in [2.05, 4.69) is 17.4 Å². The molecule has 1 amide bonds. The maximum absolute atomic E-state index is 13.0. The van der Waals surface area contributed by atoms with Crippen LogP contribution >= 0.6 is 0 Å². The van der Waals surface area contributed by atoms with Crippen molar-refractivity contribution in [2.45, 2.75) is 44.6 Å². The van der Waals surface area contributed by atoms with Crippen LogP contribution in [-0.4, -0.2) is 35.9 Å². The Morgan fingerprint density at radius 2 is 1.87 bits per heavy atom. The molecule has 1 heterocycles. The number of nitro groups is 1. The first-order valence-electron chi connectivity index (χ1n) is 10.5. The van der Waals surface area contributed by atoms with Gasteiger partial charge in [-0.15, -0.1) is 0 Å². The van der Waals surface area contributed by atoms with E-state index < -0.39 is 4.92 Å². The van der Waals surface area contributed by atoms with Crippen LogP contribution in [0.1, 0.15) is 50.1 Å². The Hall–Kier alpha value is -3.09. The van der Waals surface area contributed by atoms with Gasteiger partial charge >= 0.3 is 0 Å². The van der Waals surface area contributed by atoms with Crippen LogP contribution in [0.3, 0.4) is 0 Å². The summed E-state index contributed by atoms with van der Waals surface area (Å²) in [6.45, 7) is 1.44. The van der Waals surface area contributed by atoms with Gasteiger partial charge < -0.3 is 15.0 Å².